The van der Waals surface area contributed by atoms with E-state index in [1.807, 2.05) is 13.8 Å². The molecule has 1 aliphatic carbocycles. The van der Waals surface area contributed by atoms with Crippen LogP contribution in [0.3, 0.4) is 0 Å². The molecule has 0 radical (unpaired) electrons. The molecule has 0 saturated carbocycles. The van der Waals surface area contributed by atoms with E-state index < -0.39 is 12.1 Å². The van der Waals surface area contributed by atoms with Crippen LogP contribution in [0.2, 0.25) is 0 Å². The lowest BCUT2D eigenvalue weighted by Gasteiger charge is -2.28. The van der Waals surface area contributed by atoms with Gasteiger partial charge in [0.15, 0.2) is 0 Å². The maximum absolute atomic E-state index is 12.4. The molecule has 0 amide bonds. The summed E-state index contributed by atoms with van der Waals surface area (Å²) in [6.45, 7) is 11.5. The van der Waals surface area contributed by atoms with E-state index in [1.165, 1.54) is 0 Å². The van der Waals surface area contributed by atoms with E-state index >= 15 is 0 Å². The summed E-state index contributed by atoms with van der Waals surface area (Å²) in [5.74, 6) is -1.18. The Labute approximate surface area is 148 Å². The Balaban J connectivity index is 1.96. The van der Waals surface area contributed by atoms with Crippen LogP contribution >= 0.6 is 0 Å². The van der Waals surface area contributed by atoms with Gasteiger partial charge in [0, 0.05) is 17.6 Å². The summed E-state index contributed by atoms with van der Waals surface area (Å²) in [5, 5.41) is 0. The van der Waals surface area contributed by atoms with Crippen molar-refractivity contribution in [3.63, 3.8) is 0 Å². The molecule has 5 heteroatoms. The number of ether oxygens (including phenoxy) is 3. The molecule has 5 atom stereocenters. The average Bonchev–Trinajstić information content (AvgIpc) is 3.15. The highest BCUT2D eigenvalue weighted by Crippen LogP contribution is 2.49. The SMILES string of the molecule is C=C1C(=O)O[C@H]2C/C(C)=C/CC[C@]3(C)O[C@@H]3[C@@H](OC(=O)/C(C)=C/C)[C@H]12. The van der Waals surface area contributed by atoms with Crippen molar-refractivity contribution in [3.05, 3.63) is 35.5 Å². The molecule has 5 nitrogen and oxygen atoms in total. The molecule has 2 aliphatic heterocycles. The number of hydrogen-bond donors (Lipinski definition) is 0. The fraction of sp³-hybridized carbons (Fsp3) is 0.600. The second-order valence-electron chi connectivity index (χ2n) is 7.48. The van der Waals surface area contributed by atoms with Crippen molar-refractivity contribution < 1.29 is 23.8 Å². The third-order valence-electron chi connectivity index (χ3n) is 5.57. The number of fused-ring (bicyclic) bond motifs is 2. The molecule has 0 unspecified atom stereocenters. The minimum atomic E-state index is -0.567. The standard InChI is InChI=1S/C20H26O5/c1-6-12(3)18(21)24-16-15-13(4)19(22)23-14(15)10-11(2)8-7-9-20(5)17(16)25-20/h6,8,14-17H,4,7,9-10H2,1-3,5H3/b11-8+,12-6+/t14-,15+,16-,17+,20-/m0/s1. The van der Waals surface area contributed by atoms with Crippen LogP contribution < -0.4 is 0 Å². The van der Waals surface area contributed by atoms with Crippen molar-refractivity contribution in [2.75, 3.05) is 0 Å². The summed E-state index contributed by atoms with van der Waals surface area (Å²) in [4.78, 5) is 24.5. The van der Waals surface area contributed by atoms with Crippen LogP contribution in [0.15, 0.2) is 35.5 Å². The van der Waals surface area contributed by atoms with Crippen LogP contribution in [-0.2, 0) is 23.8 Å². The van der Waals surface area contributed by atoms with Gasteiger partial charge in [0.1, 0.15) is 18.3 Å². The third kappa shape index (κ3) is 3.30. The molecule has 2 saturated heterocycles. The number of rotatable bonds is 2. The van der Waals surface area contributed by atoms with Gasteiger partial charge in [-0.25, -0.2) is 9.59 Å². The van der Waals surface area contributed by atoms with Gasteiger partial charge in [0.05, 0.1) is 11.5 Å². The lowest BCUT2D eigenvalue weighted by atomic mass is 9.82. The quantitative estimate of drug-likeness (QED) is 0.332. The van der Waals surface area contributed by atoms with Crippen molar-refractivity contribution in [2.24, 2.45) is 5.92 Å². The van der Waals surface area contributed by atoms with Gasteiger partial charge >= 0.3 is 11.9 Å². The Morgan fingerprint density at radius 2 is 2.20 bits per heavy atom. The van der Waals surface area contributed by atoms with Gasteiger partial charge in [0.2, 0.25) is 0 Å². The van der Waals surface area contributed by atoms with Gasteiger partial charge < -0.3 is 14.2 Å². The molecule has 0 N–H and O–H groups in total. The first-order valence-corrected chi connectivity index (χ1v) is 8.84. The Morgan fingerprint density at radius 1 is 1.48 bits per heavy atom. The summed E-state index contributed by atoms with van der Waals surface area (Å²) in [6.07, 6.45) is 5.07. The van der Waals surface area contributed by atoms with Crippen molar-refractivity contribution in [2.45, 2.75) is 70.9 Å². The molecule has 0 aromatic heterocycles. The highest BCUT2D eigenvalue weighted by molar-refractivity contribution is 5.91. The molecule has 136 valence electrons. The van der Waals surface area contributed by atoms with Gasteiger partial charge in [0.25, 0.3) is 0 Å². The maximum Gasteiger partial charge on any atom is 0.334 e. The van der Waals surface area contributed by atoms with Crippen LogP contribution in [-0.4, -0.2) is 35.9 Å². The molecule has 0 aromatic rings. The van der Waals surface area contributed by atoms with E-state index in [1.54, 1.807) is 19.9 Å². The van der Waals surface area contributed by atoms with Crippen LogP contribution in [0.4, 0.5) is 0 Å². The van der Waals surface area contributed by atoms with Crippen LogP contribution in [0.5, 0.6) is 0 Å². The number of epoxide rings is 1. The zero-order chi connectivity index (χ0) is 18.4. The largest absolute Gasteiger partial charge is 0.458 e. The van der Waals surface area contributed by atoms with Gasteiger partial charge in [-0.05, 0) is 40.5 Å². The van der Waals surface area contributed by atoms with Gasteiger partial charge in [-0.3, -0.25) is 0 Å². The van der Waals surface area contributed by atoms with E-state index in [0.717, 1.165) is 18.4 Å². The van der Waals surface area contributed by atoms with Crippen LogP contribution in [0.1, 0.15) is 47.0 Å². The van der Waals surface area contributed by atoms with E-state index in [-0.39, 0.29) is 29.7 Å². The fourth-order valence-corrected chi connectivity index (χ4v) is 3.76. The Kier molecular flexibility index (Phi) is 4.62. The summed E-state index contributed by atoms with van der Waals surface area (Å²) < 4.78 is 17.3. The molecule has 0 bridgehead atoms. The molecular weight excluding hydrogens is 320 g/mol. The van der Waals surface area contributed by atoms with Gasteiger partial charge in [-0.15, -0.1) is 0 Å². The fourth-order valence-electron chi connectivity index (χ4n) is 3.76. The third-order valence-corrected chi connectivity index (χ3v) is 5.57. The molecular formula is C20H26O5. The predicted molar refractivity (Wildman–Crippen MR) is 92.7 cm³/mol. The predicted octanol–water partition coefficient (Wildman–Crippen LogP) is 3.25. The Morgan fingerprint density at radius 3 is 2.88 bits per heavy atom. The first-order valence-electron chi connectivity index (χ1n) is 8.84. The number of esters is 2. The summed E-state index contributed by atoms with van der Waals surface area (Å²) in [7, 11) is 0. The summed E-state index contributed by atoms with van der Waals surface area (Å²) in [6, 6.07) is 0. The zero-order valence-corrected chi connectivity index (χ0v) is 15.3. The van der Waals surface area contributed by atoms with Crippen LogP contribution in [0, 0.1) is 5.92 Å². The lowest BCUT2D eigenvalue weighted by molar-refractivity contribution is -0.149. The number of allylic oxidation sites excluding steroid dienone is 2. The molecule has 2 fully saturated rings. The molecule has 3 aliphatic rings. The van der Waals surface area contributed by atoms with E-state index in [9.17, 15) is 9.59 Å². The molecule has 0 aromatic carbocycles. The average molecular weight is 346 g/mol. The lowest BCUT2D eigenvalue weighted by Crippen LogP contribution is -2.40. The van der Waals surface area contributed by atoms with Gasteiger partial charge in [-0.2, -0.15) is 0 Å². The highest BCUT2D eigenvalue weighted by Gasteiger charge is 2.62. The van der Waals surface area contributed by atoms with Crippen molar-refractivity contribution in [1.29, 1.82) is 0 Å². The van der Waals surface area contributed by atoms with Crippen LogP contribution in [0.25, 0.3) is 0 Å². The molecule has 3 rings (SSSR count). The van der Waals surface area contributed by atoms with Gasteiger partial charge in [-0.1, -0.05) is 24.3 Å². The van der Waals surface area contributed by atoms with Crippen molar-refractivity contribution in [1.82, 2.24) is 0 Å². The first-order chi connectivity index (χ1) is 11.8. The number of carbonyl (C=O) groups excluding carboxylic acids is 2. The summed E-state index contributed by atoms with van der Waals surface area (Å²) in [5.41, 5.74) is 1.71. The zero-order valence-electron chi connectivity index (χ0n) is 15.3. The normalized spacial score (nSPS) is 40.3. The minimum Gasteiger partial charge on any atom is -0.458 e. The summed E-state index contributed by atoms with van der Waals surface area (Å²) >= 11 is 0. The maximum atomic E-state index is 12.4. The number of hydrogen-bond acceptors (Lipinski definition) is 5. The minimum absolute atomic E-state index is 0.244. The topological polar surface area (TPSA) is 65.1 Å². The second kappa shape index (κ2) is 6.45. The Bertz CT molecular complexity index is 674. The van der Waals surface area contributed by atoms with E-state index in [4.69, 9.17) is 14.2 Å². The van der Waals surface area contributed by atoms with E-state index in [2.05, 4.69) is 12.7 Å². The van der Waals surface area contributed by atoms with Crippen molar-refractivity contribution >= 4 is 11.9 Å². The second-order valence-corrected chi connectivity index (χ2v) is 7.48. The Hall–Kier alpha value is -1.88. The molecule has 0 spiro atoms. The molecule has 2 heterocycles. The first kappa shape index (κ1) is 17.9. The monoisotopic (exact) mass is 346 g/mol. The smallest absolute Gasteiger partial charge is 0.334 e. The highest BCUT2D eigenvalue weighted by atomic mass is 16.6. The molecule has 25 heavy (non-hydrogen) atoms. The number of carbonyl (C=O) groups is 2. The van der Waals surface area contributed by atoms with Crippen molar-refractivity contribution in [3.8, 4) is 0 Å². The van der Waals surface area contributed by atoms with E-state index in [0.29, 0.717) is 17.6 Å².